The number of nitrogens with one attached hydrogen (secondary N) is 1. The van der Waals surface area contributed by atoms with Crippen LogP contribution in [-0.4, -0.2) is 9.78 Å². The summed E-state index contributed by atoms with van der Waals surface area (Å²) < 4.78 is 40.3. The molecule has 1 aromatic heterocycles. The van der Waals surface area contributed by atoms with Crippen molar-refractivity contribution in [2.75, 3.05) is 5.32 Å². The summed E-state index contributed by atoms with van der Waals surface area (Å²) >= 11 is 0. The first-order valence-electron chi connectivity index (χ1n) is 5.80. The normalized spacial score (nSPS) is 13.3. The molecule has 0 aliphatic heterocycles. The Labute approximate surface area is 109 Å². The molecule has 0 aliphatic rings. The van der Waals surface area contributed by atoms with Crippen LogP contribution in [-0.2, 0) is 13.2 Å². The highest BCUT2D eigenvalue weighted by molar-refractivity contribution is 5.40. The van der Waals surface area contributed by atoms with E-state index in [4.69, 9.17) is 0 Å². The molecule has 0 aliphatic carbocycles. The standard InChI is InChI=1S/C13H14F3N3/c1-9(17-12-7-8-19(2)18-12)10-5-3-4-6-11(10)13(14,15)16/h3-9H,1-2H3,(H,17,18). The zero-order valence-corrected chi connectivity index (χ0v) is 10.6. The number of alkyl halides is 3. The summed E-state index contributed by atoms with van der Waals surface area (Å²) in [6.45, 7) is 1.68. The van der Waals surface area contributed by atoms with Gasteiger partial charge in [-0.3, -0.25) is 4.68 Å². The number of hydrogen-bond acceptors (Lipinski definition) is 2. The van der Waals surface area contributed by atoms with Gasteiger partial charge in [-0.15, -0.1) is 0 Å². The van der Waals surface area contributed by atoms with Crippen molar-refractivity contribution in [3.05, 3.63) is 47.7 Å². The van der Waals surface area contributed by atoms with Gasteiger partial charge in [0.05, 0.1) is 11.6 Å². The van der Waals surface area contributed by atoms with Crippen molar-refractivity contribution in [1.29, 1.82) is 0 Å². The van der Waals surface area contributed by atoms with Gasteiger partial charge >= 0.3 is 6.18 Å². The molecule has 0 radical (unpaired) electrons. The quantitative estimate of drug-likeness (QED) is 0.922. The maximum Gasteiger partial charge on any atom is 0.416 e. The van der Waals surface area contributed by atoms with E-state index in [0.29, 0.717) is 5.82 Å². The lowest BCUT2D eigenvalue weighted by Gasteiger charge is -2.19. The van der Waals surface area contributed by atoms with Crippen LogP contribution in [0, 0.1) is 0 Å². The lowest BCUT2D eigenvalue weighted by atomic mass is 10.0. The van der Waals surface area contributed by atoms with E-state index in [9.17, 15) is 13.2 Å². The van der Waals surface area contributed by atoms with Crippen LogP contribution in [0.1, 0.15) is 24.1 Å². The molecule has 2 aromatic rings. The zero-order valence-electron chi connectivity index (χ0n) is 10.6. The molecule has 1 aromatic carbocycles. The Hall–Kier alpha value is -1.98. The fourth-order valence-corrected chi connectivity index (χ4v) is 1.92. The molecular weight excluding hydrogens is 255 g/mol. The molecule has 102 valence electrons. The number of hydrogen-bond donors (Lipinski definition) is 1. The molecule has 0 amide bonds. The van der Waals surface area contributed by atoms with Crippen molar-refractivity contribution < 1.29 is 13.2 Å². The highest BCUT2D eigenvalue weighted by Crippen LogP contribution is 2.35. The number of aryl methyl sites for hydroxylation is 1. The molecule has 0 spiro atoms. The van der Waals surface area contributed by atoms with Gasteiger partial charge in [0, 0.05) is 19.3 Å². The smallest absolute Gasteiger partial charge is 0.362 e. The van der Waals surface area contributed by atoms with E-state index in [0.717, 1.165) is 6.07 Å². The molecule has 0 saturated carbocycles. The SMILES string of the molecule is CC(Nc1ccn(C)n1)c1ccccc1C(F)(F)F. The van der Waals surface area contributed by atoms with Crippen LogP contribution in [0.3, 0.4) is 0 Å². The average molecular weight is 269 g/mol. The van der Waals surface area contributed by atoms with Gasteiger partial charge in [0.25, 0.3) is 0 Å². The summed E-state index contributed by atoms with van der Waals surface area (Å²) in [5.41, 5.74) is -0.411. The Kier molecular flexibility index (Phi) is 3.50. The molecule has 1 heterocycles. The number of anilines is 1. The predicted octanol–water partition coefficient (Wildman–Crippen LogP) is 3.61. The average Bonchev–Trinajstić information content (AvgIpc) is 2.73. The molecule has 3 nitrogen and oxygen atoms in total. The van der Waals surface area contributed by atoms with Crippen LogP contribution < -0.4 is 5.32 Å². The Morgan fingerprint density at radius 3 is 2.47 bits per heavy atom. The van der Waals surface area contributed by atoms with Crippen molar-refractivity contribution in [3.63, 3.8) is 0 Å². The fourth-order valence-electron chi connectivity index (χ4n) is 1.92. The molecule has 0 saturated heterocycles. The summed E-state index contributed by atoms with van der Waals surface area (Å²) in [5.74, 6) is 0.548. The first-order valence-corrected chi connectivity index (χ1v) is 5.80. The molecule has 1 atom stereocenters. The van der Waals surface area contributed by atoms with Crippen LogP contribution >= 0.6 is 0 Å². The Bertz CT molecular complexity index is 560. The predicted molar refractivity (Wildman–Crippen MR) is 66.7 cm³/mol. The van der Waals surface area contributed by atoms with E-state index >= 15 is 0 Å². The number of nitrogens with zero attached hydrogens (tertiary/aromatic N) is 2. The largest absolute Gasteiger partial charge is 0.416 e. The van der Waals surface area contributed by atoms with Gasteiger partial charge in [-0.25, -0.2) is 0 Å². The summed E-state index contributed by atoms with van der Waals surface area (Å²) in [7, 11) is 1.75. The van der Waals surface area contributed by atoms with E-state index in [1.807, 2.05) is 0 Å². The molecule has 1 unspecified atom stereocenters. The molecule has 19 heavy (non-hydrogen) atoms. The molecule has 0 fully saturated rings. The van der Waals surface area contributed by atoms with E-state index in [-0.39, 0.29) is 5.56 Å². The maximum atomic E-state index is 12.9. The van der Waals surface area contributed by atoms with Crippen molar-refractivity contribution in [2.24, 2.45) is 7.05 Å². The first kappa shape index (κ1) is 13.5. The zero-order chi connectivity index (χ0) is 14.0. The van der Waals surface area contributed by atoms with E-state index < -0.39 is 17.8 Å². The van der Waals surface area contributed by atoms with Crippen molar-refractivity contribution in [2.45, 2.75) is 19.1 Å². The fraction of sp³-hybridized carbons (Fsp3) is 0.308. The summed E-state index contributed by atoms with van der Waals surface area (Å²) in [5, 5.41) is 7.05. The summed E-state index contributed by atoms with van der Waals surface area (Å²) in [6, 6.07) is 6.79. The van der Waals surface area contributed by atoms with E-state index in [2.05, 4.69) is 10.4 Å². The third kappa shape index (κ3) is 3.07. The lowest BCUT2D eigenvalue weighted by molar-refractivity contribution is -0.138. The third-order valence-electron chi connectivity index (χ3n) is 2.81. The number of halogens is 3. The highest BCUT2D eigenvalue weighted by atomic mass is 19.4. The minimum Gasteiger partial charge on any atom is -0.362 e. The Morgan fingerprint density at radius 1 is 1.21 bits per heavy atom. The van der Waals surface area contributed by atoms with Crippen LogP contribution in [0.4, 0.5) is 19.0 Å². The Balaban J connectivity index is 2.26. The van der Waals surface area contributed by atoms with Crippen LogP contribution in [0.25, 0.3) is 0 Å². The van der Waals surface area contributed by atoms with E-state index in [1.54, 1.807) is 37.0 Å². The monoisotopic (exact) mass is 269 g/mol. The number of aromatic nitrogens is 2. The van der Waals surface area contributed by atoms with Crippen LogP contribution in [0.2, 0.25) is 0 Å². The van der Waals surface area contributed by atoms with Gasteiger partial charge in [0.2, 0.25) is 0 Å². The van der Waals surface area contributed by atoms with E-state index in [1.165, 1.54) is 12.1 Å². The Morgan fingerprint density at radius 2 is 1.89 bits per heavy atom. The van der Waals surface area contributed by atoms with Crippen molar-refractivity contribution in [3.8, 4) is 0 Å². The second-order valence-corrected chi connectivity index (χ2v) is 4.33. The lowest BCUT2D eigenvalue weighted by Crippen LogP contribution is -2.15. The van der Waals surface area contributed by atoms with Gasteiger partial charge in [0.1, 0.15) is 5.82 Å². The summed E-state index contributed by atoms with van der Waals surface area (Å²) in [6.07, 6.45) is -2.62. The topological polar surface area (TPSA) is 29.9 Å². The van der Waals surface area contributed by atoms with Crippen LogP contribution in [0.15, 0.2) is 36.5 Å². The molecular formula is C13H14F3N3. The maximum absolute atomic E-state index is 12.9. The molecule has 6 heteroatoms. The van der Waals surface area contributed by atoms with Gasteiger partial charge in [-0.1, -0.05) is 18.2 Å². The van der Waals surface area contributed by atoms with Crippen molar-refractivity contribution in [1.82, 2.24) is 9.78 Å². The van der Waals surface area contributed by atoms with Crippen LogP contribution in [0.5, 0.6) is 0 Å². The van der Waals surface area contributed by atoms with Gasteiger partial charge in [-0.05, 0) is 18.6 Å². The van der Waals surface area contributed by atoms with Gasteiger partial charge in [0.15, 0.2) is 0 Å². The number of rotatable bonds is 3. The second-order valence-electron chi connectivity index (χ2n) is 4.33. The minimum atomic E-state index is -4.35. The number of benzene rings is 1. The summed E-state index contributed by atoms with van der Waals surface area (Å²) in [4.78, 5) is 0. The third-order valence-corrected chi connectivity index (χ3v) is 2.81. The highest BCUT2D eigenvalue weighted by Gasteiger charge is 2.34. The molecule has 1 N–H and O–H groups in total. The van der Waals surface area contributed by atoms with Gasteiger partial charge in [-0.2, -0.15) is 18.3 Å². The molecule has 0 bridgehead atoms. The molecule has 2 rings (SSSR count). The van der Waals surface area contributed by atoms with Crippen molar-refractivity contribution >= 4 is 5.82 Å². The van der Waals surface area contributed by atoms with Gasteiger partial charge < -0.3 is 5.32 Å². The minimum absolute atomic E-state index is 0.209. The second kappa shape index (κ2) is 4.95. The first-order chi connectivity index (χ1) is 8.88.